The number of carbonyl (C=O) groups excluding carboxylic acids is 2. The third kappa shape index (κ3) is 1.78. The molecule has 21 heavy (non-hydrogen) atoms. The normalized spacial score (nSPS) is 33.7. The molecule has 6 nitrogen and oxygen atoms in total. The molecule has 3 saturated heterocycles. The first-order chi connectivity index (χ1) is 10.2. The first-order valence-electron chi connectivity index (χ1n) is 7.33. The van der Waals surface area contributed by atoms with Crippen LogP contribution in [-0.4, -0.2) is 40.6 Å². The Morgan fingerprint density at radius 2 is 1.95 bits per heavy atom. The van der Waals surface area contributed by atoms with E-state index < -0.39 is 0 Å². The van der Waals surface area contributed by atoms with E-state index in [0.717, 1.165) is 18.4 Å². The number of ether oxygens (including phenoxy) is 1. The number of likely N-dealkylation sites (tertiary alicyclic amines) is 1. The molecule has 3 aliphatic rings. The summed E-state index contributed by atoms with van der Waals surface area (Å²) >= 11 is 0. The van der Waals surface area contributed by atoms with Gasteiger partial charge in [0.25, 0.3) is 0 Å². The van der Waals surface area contributed by atoms with Gasteiger partial charge in [0.2, 0.25) is 11.8 Å². The number of carbonyl (C=O) groups is 2. The summed E-state index contributed by atoms with van der Waals surface area (Å²) in [6.07, 6.45) is 3.36. The molecule has 1 aromatic rings. The molecule has 0 aliphatic carbocycles. The zero-order valence-corrected chi connectivity index (χ0v) is 11.8. The monoisotopic (exact) mass is 287 g/mol. The van der Waals surface area contributed by atoms with Crippen LogP contribution in [0.5, 0.6) is 0 Å². The number of nitrogens with one attached hydrogen (secondary N) is 1. The number of rotatable bonds is 3. The van der Waals surface area contributed by atoms with E-state index in [0.29, 0.717) is 5.82 Å². The van der Waals surface area contributed by atoms with Gasteiger partial charge in [0.15, 0.2) is 0 Å². The summed E-state index contributed by atoms with van der Waals surface area (Å²) in [5.74, 6) is -0.0169. The molecular formula is C15H17N3O3. The standard InChI is InChI=1S/C15H17N3O3/c1-8-3-2-6-16-13(8)17-7-18-14(19)11-9-4-5-10(21-9)12(11)15(18)20/h2-3,6,9-12H,4-5,7H2,1H3,(H,16,17)/t9?,10?,11-,12+. The van der Waals surface area contributed by atoms with E-state index in [9.17, 15) is 9.59 Å². The minimum absolute atomic E-state index is 0.0574. The lowest BCUT2D eigenvalue weighted by molar-refractivity contribution is -0.142. The maximum absolute atomic E-state index is 12.5. The number of amides is 2. The van der Waals surface area contributed by atoms with E-state index in [2.05, 4.69) is 10.3 Å². The molecule has 0 spiro atoms. The third-order valence-electron chi connectivity index (χ3n) is 4.79. The van der Waals surface area contributed by atoms with Crippen molar-refractivity contribution in [3.05, 3.63) is 23.9 Å². The Hall–Kier alpha value is -1.95. The number of anilines is 1. The fourth-order valence-electron chi connectivity index (χ4n) is 3.75. The predicted octanol–water partition coefficient (Wildman–Crippen LogP) is 0.922. The van der Waals surface area contributed by atoms with Crippen LogP contribution in [0.2, 0.25) is 0 Å². The fourth-order valence-corrected chi connectivity index (χ4v) is 3.75. The van der Waals surface area contributed by atoms with Gasteiger partial charge >= 0.3 is 0 Å². The highest BCUT2D eigenvalue weighted by atomic mass is 16.5. The fraction of sp³-hybridized carbons (Fsp3) is 0.533. The Morgan fingerprint density at radius 1 is 1.29 bits per heavy atom. The summed E-state index contributed by atoms with van der Waals surface area (Å²) in [5.41, 5.74) is 0.986. The second-order valence-electron chi connectivity index (χ2n) is 5.95. The van der Waals surface area contributed by atoms with Crippen LogP contribution in [0.1, 0.15) is 18.4 Å². The third-order valence-corrected chi connectivity index (χ3v) is 4.79. The summed E-state index contributed by atoms with van der Waals surface area (Å²) < 4.78 is 5.71. The maximum atomic E-state index is 12.5. The van der Waals surface area contributed by atoms with E-state index in [1.54, 1.807) is 6.20 Å². The van der Waals surface area contributed by atoms with E-state index in [4.69, 9.17) is 4.74 Å². The van der Waals surface area contributed by atoms with Crippen molar-refractivity contribution < 1.29 is 14.3 Å². The van der Waals surface area contributed by atoms with Gasteiger partial charge in [-0.15, -0.1) is 0 Å². The summed E-state index contributed by atoms with van der Waals surface area (Å²) in [6.45, 7) is 2.12. The van der Waals surface area contributed by atoms with Crippen LogP contribution >= 0.6 is 0 Å². The van der Waals surface area contributed by atoms with E-state index in [1.807, 2.05) is 19.1 Å². The van der Waals surface area contributed by atoms with Crippen molar-refractivity contribution >= 4 is 17.6 Å². The molecule has 6 heteroatoms. The molecule has 2 unspecified atom stereocenters. The Balaban J connectivity index is 1.51. The second kappa shape index (κ2) is 4.53. The quantitative estimate of drug-likeness (QED) is 0.837. The largest absolute Gasteiger partial charge is 0.373 e. The summed E-state index contributed by atoms with van der Waals surface area (Å²) in [5, 5.41) is 3.09. The first-order valence-corrected chi connectivity index (χ1v) is 7.33. The van der Waals surface area contributed by atoms with Gasteiger partial charge in [-0.25, -0.2) is 4.98 Å². The van der Waals surface area contributed by atoms with E-state index >= 15 is 0 Å². The average Bonchev–Trinajstić information content (AvgIpc) is 3.14. The minimum atomic E-state index is -0.261. The molecule has 1 N–H and O–H groups in total. The Morgan fingerprint density at radius 3 is 2.57 bits per heavy atom. The van der Waals surface area contributed by atoms with Gasteiger partial charge in [0, 0.05) is 6.20 Å². The highest BCUT2D eigenvalue weighted by Crippen LogP contribution is 2.48. The van der Waals surface area contributed by atoms with Crippen LogP contribution in [0, 0.1) is 18.8 Å². The predicted molar refractivity (Wildman–Crippen MR) is 74.2 cm³/mol. The van der Waals surface area contributed by atoms with Crippen LogP contribution in [0.15, 0.2) is 18.3 Å². The zero-order valence-electron chi connectivity index (χ0n) is 11.8. The van der Waals surface area contributed by atoms with E-state index in [1.165, 1.54) is 4.90 Å². The van der Waals surface area contributed by atoms with Crippen molar-refractivity contribution in [3.8, 4) is 0 Å². The van der Waals surface area contributed by atoms with Gasteiger partial charge < -0.3 is 10.1 Å². The summed E-state index contributed by atoms with van der Waals surface area (Å²) in [4.78, 5) is 30.5. The smallest absolute Gasteiger partial charge is 0.237 e. The highest BCUT2D eigenvalue weighted by Gasteiger charge is 2.62. The van der Waals surface area contributed by atoms with Gasteiger partial charge in [0.1, 0.15) is 5.82 Å². The molecule has 0 aromatic carbocycles. The molecule has 4 rings (SSSR count). The molecule has 3 fully saturated rings. The zero-order chi connectivity index (χ0) is 14.6. The number of aromatic nitrogens is 1. The number of pyridine rings is 1. The SMILES string of the molecule is Cc1cccnc1NCN1C(=O)[C@@H]2C3CCC(O3)[C@@H]2C1=O. The lowest BCUT2D eigenvalue weighted by Crippen LogP contribution is -2.38. The molecule has 3 aliphatic heterocycles. The van der Waals surface area contributed by atoms with E-state index in [-0.39, 0.29) is 42.5 Å². The molecule has 1 aromatic heterocycles. The number of hydrogen-bond donors (Lipinski definition) is 1. The van der Waals surface area contributed by atoms with Crippen molar-refractivity contribution in [2.24, 2.45) is 11.8 Å². The number of hydrogen-bond acceptors (Lipinski definition) is 5. The van der Waals surface area contributed by atoms with Crippen LogP contribution in [-0.2, 0) is 14.3 Å². The van der Waals surface area contributed by atoms with Crippen LogP contribution < -0.4 is 5.32 Å². The highest BCUT2D eigenvalue weighted by molar-refractivity contribution is 6.06. The van der Waals surface area contributed by atoms with Gasteiger partial charge in [-0.3, -0.25) is 14.5 Å². The van der Waals surface area contributed by atoms with Gasteiger partial charge in [-0.05, 0) is 31.4 Å². The minimum Gasteiger partial charge on any atom is -0.373 e. The molecular weight excluding hydrogens is 270 g/mol. The topological polar surface area (TPSA) is 71.5 Å². The molecule has 0 radical (unpaired) electrons. The Labute approximate surface area is 122 Å². The summed E-state index contributed by atoms with van der Waals surface area (Å²) in [6, 6.07) is 3.79. The van der Waals surface area contributed by atoms with Crippen molar-refractivity contribution in [2.45, 2.75) is 32.0 Å². The number of imide groups is 1. The van der Waals surface area contributed by atoms with Crippen molar-refractivity contribution in [2.75, 3.05) is 12.0 Å². The van der Waals surface area contributed by atoms with Gasteiger partial charge in [-0.2, -0.15) is 0 Å². The average molecular weight is 287 g/mol. The molecule has 0 saturated carbocycles. The maximum Gasteiger partial charge on any atom is 0.237 e. The lowest BCUT2D eigenvalue weighted by Gasteiger charge is -2.18. The van der Waals surface area contributed by atoms with Crippen molar-refractivity contribution in [1.82, 2.24) is 9.88 Å². The van der Waals surface area contributed by atoms with Crippen molar-refractivity contribution in [3.63, 3.8) is 0 Å². The Kier molecular flexibility index (Phi) is 2.75. The van der Waals surface area contributed by atoms with Crippen molar-refractivity contribution in [1.29, 1.82) is 0 Å². The van der Waals surface area contributed by atoms with Gasteiger partial charge in [-0.1, -0.05) is 6.07 Å². The number of fused-ring (bicyclic) bond motifs is 5. The molecule has 110 valence electrons. The number of aryl methyl sites for hydroxylation is 1. The van der Waals surface area contributed by atoms with Gasteiger partial charge in [0.05, 0.1) is 30.7 Å². The van der Waals surface area contributed by atoms with Crippen LogP contribution in [0.3, 0.4) is 0 Å². The molecule has 2 amide bonds. The lowest BCUT2D eigenvalue weighted by atomic mass is 9.81. The molecule has 4 heterocycles. The Bertz CT molecular complexity index is 590. The first kappa shape index (κ1) is 12.8. The molecule has 4 atom stereocenters. The number of nitrogens with zero attached hydrogens (tertiary/aromatic N) is 2. The summed E-state index contributed by atoms with van der Waals surface area (Å²) in [7, 11) is 0. The second-order valence-corrected chi connectivity index (χ2v) is 5.95. The van der Waals surface area contributed by atoms with Crippen LogP contribution in [0.4, 0.5) is 5.82 Å². The van der Waals surface area contributed by atoms with Crippen LogP contribution in [0.25, 0.3) is 0 Å². The molecule has 2 bridgehead atoms.